The van der Waals surface area contributed by atoms with Crippen molar-refractivity contribution in [3.8, 4) is 0 Å². The summed E-state index contributed by atoms with van der Waals surface area (Å²) < 4.78 is 40.4. The lowest BCUT2D eigenvalue weighted by atomic mass is 10.2. The second-order valence-corrected chi connectivity index (χ2v) is 8.12. The molecule has 2 aromatic rings. The molecule has 3 rings (SSSR count). The Bertz CT molecular complexity index is 1010. The number of anilines is 1. The van der Waals surface area contributed by atoms with Crippen LogP contribution in [0.4, 0.5) is 10.1 Å². The van der Waals surface area contributed by atoms with Gasteiger partial charge in [-0.05, 0) is 30.3 Å². The fraction of sp³-hybridized carbons (Fsp3) is 0.176. The van der Waals surface area contributed by atoms with Gasteiger partial charge in [0, 0.05) is 18.7 Å². The van der Waals surface area contributed by atoms with Crippen LogP contribution in [-0.2, 0) is 14.8 Å². The van der Waals surface area contributed by atoms with Crippen LogP contribution < -0.4 is 10.6 Å². The van der Waals surface area contributed by atoms with Crippen molar-refractivity contribution in [2.24, 2.45) is 0 Å². The summed E-state index contributed by atoms with van der Waals surface area (Å²) >= 11 is 5.68. The molecule has 0 spiro atoms. The molecule has 142 valence electrons. The van der Waals surface area contributed by atoms with E-state index in [1.54, 1.807) is 0 Å². The molecule has 27 heavy (non-hydrogen) atoms. The van der Waals surface area contributed by atoms with Crippen molar-refractivity contribution in [3.05, 3.63) is 58.9 Å². The highest BCUT2D eigenvalue weighted by atomic mass is 35.5. The molecule has 0 atom stereocenters. The molecular weight excluding hydrogens is 397 g/mol. The Balaban J connectivity index is 1.85. The van der Waals surface area contributed by atoms with E-state index in [-0.39, 0.29) is 40.8 Å². The summed E-state index contributed by atoms with van der Waals surface area (Å²) in [4.78, 5) is 23.7. The zero-order valence-electron chi connectivity index (χ0n) is 13.9. The maximum atomic E-state index is 13.9. The SMILES string of the molecule is O=C1CN(S(=O)(=O)c2cccc(C(=O)Nc3cccc(Cl)c3F)c2)CCN1. The number of nitrogens with zero attached hydrogens (tertiary/aromatic N) is 1. The minimum atomic E-state index is -3.94. The van der Waals surface area contributed by atoms with Crippen LogP contribution in [0.1, 0.15) is 10.4 Å². The molecule has 2 N–H and O–H groups in total. The standard InChI is InChI=1S/C17H15ClFN3O4S/c18-13-5-2-6-14(16(13)19)21-17(24)11-3-1-4-12(9-11)27(25,26)22-8-7-20-15(23)10-22/h1-6,9H,7-8,10H2,(H,20,23)(H,21,24). The minimum absolute atomic E-state index is 0.0249. The van der Waals surface area contributed by atoms with E-state index in [1.165, 1.54) is 42.5 Å². The molecule has 1 aliphatic heterocycles. The van der Waals surface area contributed by atoms with E-state index in [1.807, 2.05) is 0 Å². The highest BCUT2D eigenvalue weighted by Gasteiger charge is 2.29. The molecule has 2 aromatic carbocycles. The van der Waals surface area contributed by atoms with Crippen LogP contribution in [0.15, 0.2) is 47.4 Å². The molecule has 0 aliphatic carbocycles. The summed E-state index contributed by atoms with van der Waals surface area (Å²) in [6.07, 6.45) is 0. The van der Waals surface area contributed by atoms with Crippen molar-refractivity contribution in [1.29, 1.82) is 0 Å². The summed E-state index contributed by atoms with van der Waals surface area (Å²) in [5, 5.41) is 4.76. The lowest BCUT2D eigenvalue weighted by Gasteiger charge is -2.26. The van der Waals surface area contributed by atoms with E-state index in [0.29, 0.717) is 0 Å². The molecule has 0 saturated carbocycles. The first-order valence-corrected chi connectivity index (χ1v) is 9.73. The molecule has 1 aliphatic rings. The van der Waals surface area contributed by atoms with Crippen molar-refractivity contribution in [2.45, 2.75) is 4.90 Å². The molecule has 1 heterocycles. The summed E-state index contributed by atoms with van der Waals surface area (Å²) in [5.74, 6) is -1.87. The number of carbonyl (C=O) groups excluding carboxylic acids is 2. The average Bonchev–Trinajstić information content (AvgIpc) is 2.65. The number of nitrogens with one attached hydrogen (secondary N) is 2. The number of hydrogen-bond donors (Lipinski definition) is 2. The maximum absolute atomic E-state index is 13.9. The Morgan fingerprint density at radius 3 is 2.70 bits per heavy atom. The normalized spacial score (nSPS) is 15.3. The Kier molecular flexibility index (Phi) is 5.45. The molecule has 0 aromatic heterocycles. The molecule has 0 unspecified atom stereocenters. The van der Waals surface area contributed by atoms with Gasteiger partial charge in [0.2, 0.25) is 15.9 Å². The van der Waals surface area contributed by atoms with E-state index in [0.717, 1.165) is 4.31 Å². The predicted octanol–water partition coefficient (Wildman–Crippen LogP) is 1.85. The van der Waals surface area contributed by atoms with Gasteiger partial charge in [0.05, 0.1) is 22.2 Å². The van der Waals surface area contributed by atoms with Crippen molar-refractivity contribution in [3.63, 3.8) is 0 Å². The fourth-order valence-electron chi connectivity index (χ4n) is 2.56. The molecule has 0 radical (unpaired) electrons. The first-order chi connectivity index (χ1) is 12.8. The van der Waals surface area contributed by atoms with Crippen LogP contribution in [0, 0.1) is 5.82 Å². The summed E-state index contributed by atoms with van der Waals surface area (Å²) in [7, 11) is -3.94. The van der Waals surface area contributed by atoms with Crippen LogP contribution in [0.2, 0.25) is 5.02 Å². The van der Waals surface area contributed by atoms with Crippen LogP contribution in [0.25, 0.3) is 0 Å². The fourth-order valence-corrected chi connectivity index (χ4v) is 4.18. The Labute approximate surface area is 160 Å². The van der Waals surface area contributed by atoms with Gasteiger partial charge in [-0.15, -0.1) is 0 Å². The first-order valence-electron chi connectivity index (χ1n) is 7.91. The second-order valence-electron chi connectivity index (χ2n) is 5.77. The van der Waals surface area contributed by atoms with Gasteiger partial charge >= 0.3 is 0 Å². The van der Waals surface area contributed by atoms with Gasteiger partial charge in [0.15, 0.2) is 5.82 Å². The topological polar surface area (TPSA) is 95.6 Å². The monoisotopic (exact) mass is 411 g/mol. The maximum Gasteiger partial charge on any atom is 0.255 e. The Hall–Kier alpha value is -2.49. The third-order valence-electron chi connectivity index (χ3n) is 3.94. The van der Waals surface area contributed by atoms with Gasteiger partial charge in [-0.25, -0.2) is 12.8 Å². The lowest BCUT2D eigenvalue weighted by Crippen LogP contribution is -2.49. The molecule has 7 nitrogen and oxygen atoms in total. The second kappa shape index (κ2) is 7.63. The van der Waals surface area contributed by atoms with E-state index in [9.17, 15) is 22.4 Å². The van der Waals surface area contributed by atoms with E-state index >= 15 is 0 Å². The molecular formula is C17H15ClFN3O4S. The summed E-state index contributed by atoms with van der Waals surface area (Å²) in [6.45, 7) is 0.0665. The third kappa shape index (κ3) is 4.10. The molecule has 0 bridgehead atoms. The third-order valence-corrected chi connectivity index (χ3v) is 6.07. The zero-order chi connectivity index (χ0) is 19.6. The van der Waals surface area contributed by atoms with Crippen LogP contribution in [0.3, 0.4) is 0 Å². The van der Waals surface area contributed by atoms with E-state index < -0.39 is 27.7 Å². The number of sulfonamides is 1. The van der Waals surface area contributed by atoms with E-state index in [2.05, 4.69) is 10.6 Å². The van der Waals surface area contributed by atoms with Gasteiger partial charge < -0.3 is 10.6 Å². The minimum Gasteiger partial charge on any atom is -0.354 e. The number of amides is 2. The number of rotatable bonds is 4. The van der Waals surface area contributed by atoms with Crippen LogP contribution in [-0.4, -0.2) is 44.2 Å². The van der Waals surface area contributed by atoms with Crippen molar-refractivity contribution in [2.75, 3.05) is 25.0 Å². The summed E-state index contributed by atoms with van der Waals surface area (Å²) in [5.41, 5.74) is -0.0922. The number of benzene rings is 2. The highest BCUT2D eigenvalue weighted by Crippen LogP contribution is 2.23. The zero-order valence-corrected chi connectivity index (χ0v) is 15.5. The molecule has 10 heteroatoms. The number of carbonyl (C=O) groups is 2. The van der Waals surface area contributed by atoms with Gasteiger partial charge in [-0.2, -0.15) is 4.31 Å². The summed E-state index contributed by atoms with van der Waals surface area (Å²) in [6, 6.07) is 9.47. The molecule has 1 saturated heterocycles. The van der Waals surface area contributed by atoms with Gasteiger partial charge in [0.1, 0.15) is 0 Å². The number of hydrogen-bond acceptors (Lipinski definition) is 4. The quantitative estimate of drug-likeness (QED) is 0.802. The average molecular weight is 412 g/mol. The van der Waals surface area contributed by atoms with Crippen molar-refractivity contribution in [1.82, 2.24) is 9.62 Å². The highest BCUT2D eigenvalue weighted by molar-refractivity contribution is 7.89. The van der Waals surface area contributed by atoms with Crippen LogP contribution in [0.5, 0.6) is 0 Å². The smallest absolute Gasteiger partial charge is 0.255 e. The predicted molar refractivity (Wildman–Crippen MR) is 97.6 cm³/mol. The molecule has 2 amide bonds. The van der Waals surface area contributed by atoms with Crippen molar-refractivity contribution < 1.29 is 22.4 Å². The number of halogens is 2. The van der Waals surface area contributed by atoms with Gasteiger partial charge in [0.25, 0.3) is 5.91 Å². The van der Waals surface area contributed by atoms with Gasteiger partial charge in [-0.1, -0.05) is 23.7 Å². The van der Waals surface area contributed by atoms with Crippen LogP contribution >= 0.6 is 11.6 Å². The Morgan fingerprint density at radius 2 is 1.96 bits per heavy atom. The van der Waals surface area contributed by atoms with Crippen molar-refractivity contribution >= 4 is 39.1 Å². The molecule has 1 fully saturated rings. The lowest BCUT2D eigenvalue weighted by molar-refractivity contribution is -0.122. The van der Waals surface area contributed by atoms with Gasteiger partial charge in [-0.3, -0.25) is 9.59 Å². The first kappa shape index (κ1) is 19.3. The Morgan fingerprint density at radius 1 is 1.22 bits per heavy atom. The number of piperazine rings is 1. The largest absolute Gasteiger partial charge is 0.354 e. The van der Waals surface area contributed by atoms with E-state index in [4.69, 9.17) is 11.6 Å².